The molecule has 0 amide bonds. The number of benzene rings is 2. The second kappa shape index (κ2) is 6.78. The highest BCUT2D eigenvalue weighted by Crippen LogP contribution is 2.34. The zero-order valence-corrected chi connectivity index (χ0v) is 14.8. The molecular formula is C18H11Cl2F3N2O. The Morgan fingerprint density at radius 3 is 2.27 bits per heavy atom. The summed E-state index contributed by atoms with van der Waals surface area (Å²) in [6.07, 6.45) is -3.84. The van der Waals surface area contributed by atoms with Gasteiger partial charge < -0.3 is 0 Å². The van der Waals surface area contributed by atoms with Gasteiger partial charge in [0.1, 0.15) is 5.69 Å². The lowest BCUT2D eigenvalue weighted by atomic mass is 10.0. The van der Waals surface area contributed by atoms with Gasteiger partial charge in [0.2, 0.25) is 0 Å². The van der Waals surface area contributed by atoms with Gasteiger partial charge in [0, 0.05) is 16.1 Å². The molecule has 134 valence electrons. The van der Waals surface area contributed by atoms with E-state index in [-0.39, 0.29) is 5.69 Å². The van der Waals surface area contributed by atoms with Crippen LogP contribution in [0.15, 0.2) is 42.5 Å². The number of nitrogens with zero attached hydrogens (tertiary/aromatic N) is 2. The maximum atomic E-state index is 12.8. The number of rotatable bonds is 3. The highest BCUT2D eigenvalue weighted by Gasteiger charge is 2.30. The number of aromatic nitrogens is 2. The first kappa shape index (κ1) is 18.5. The maximum absolute atomic E-state index is 12.8. The van der Waals surface area contributed by atoms with E-state index in [0.29, 0.717) is 38.8 Å². The van der Waals surface area contributed by atoms with Crippen molar-refractivity contribution in [3.05, 3.63) is 69.3 Å². The van der Waals surface area contributed by atoms with Gasteiger partial charge >= 0.3 is 6.18 Å². The van der Waals surface area contributed by atoms with Crippen molar-refractivity contribution in [3.63, 3.8) is 0 Å². The minimum Gasteiger partial charge on any atom is -0.296 e. The third-order valence-electron chi connectivity index (χ3n) is 3.89. The number of aldehydes is 1. The fourth-order valence-electron chi connectivity index (χ4n) is 2.61. The van der Waals surface area contributed by atoms with Crippen LogP contribution in [0.5, 0.6) is 0 Å². The highest BCUT2D eigenvalue weighted by molar-refractivity contribution is 6.35. The molecule has 3 rings (SSSR count). The number of carbonyl (C=O) groups is 1. The van der Waals surface area contributed by atoms with Crippen LogP contribution in [0.4, 0.5) is 13.2 Å². The topological polar surface area (TPSA) is 34.9 Å². The highest BCUT2D eigenvalue weighted by atomic mass is 35.5. The Balaban J connectivity index is 2.21. The van der Waals surface area contributed by atoms with E-state index in [1.165, 1.54) is 22.9 Å². The second-order valence-electron chi connectivity index (χ2n) is 5.56. The van der Waals surface area contributed by atoms with Gasteiger partial charge in [-0.1, -0.05) is 35.3 Å². The van der Waals surface area contributed by atoms with E-state index in [4.69, 9.17) is 23.2 Å². The molecule has 26 heavy (non-hydrogen) atoms. The minimum atomic E-state index is -4.43. The molecule has 0 N–H and O–H groups in total. The van der Waals surface area contributed by atoms with Crippen molar-refractivity contribution in [2.75, 3.05) is 0 Å². The molecule has 1 heterocycles. The molecule has 0 bridgehead atoms. The summed E-state index contributed by atoms with van der Waals surface area (Å²) in [5.41, 5.74) is 1.36. The van der Waals surface area contributed by atoms with Crippen LogP contribution in [-0.2, 0) is 6.18 Å². The fraction of sp³-hybridized carbons (Fsp3) is 0.111. The predicted molar refractivity (Wildman–Crippen MR) is 94.1 cm³/mol. The molecule has 0 aliphatic rings. The number of hydrogen-bond acceptors (Lipinski definition) is 2. The molecule has 0 saturated heterocycles. The smallest absolute Gasteiger partial charge is 0.296 e. The van der Waals surface area contributed by atoms with Crippen LogP contribution in [0, 0.1) is 6.92 Å². The van der Waals surface area contributed by atoms with Crippen molar-refractivity contribution in [1.29, 1.82) is 0 Å². The van der Waals surface area contributed by atoms with Gasteiger partial charge in [0.15, 0.2) is 6.29 Å². The first-order valence-electron chi connectivity index (χ1n) is 7.40. The van der Waals surface area contributed by atoms with Gasteiger partial charge in [-0.3, -0.25) is 4.79 Å². The summed E-state index contributed by atoms with van der Waals surface area (Å²) in [6.45, 7) is 1.67. The normalized spacial score (nSPS) is 11.6. The van der Waals surface area contributed by atoms with Crippen LogP contribution in [0.3, 0.4) is 0 Å². The van der Waals surface area contributed by atoms with Crippen molar-refractivity contribution in [1.82, 2.24) is 9.78 Å². The average molecular weight is 399 g/mol. The third kappa shape index (κ3) is 3.34. The van der Waals surface area contributed by atoms with E-state index in [1.807, 2.05) is 0 Å². The van der Waals surface area contributed by atoms with Gasteiger partial charge in [-0.25, -0.2) is 4.68 Å². The van der Waals surface area contributed by atoms with Crippen molar-refractivity contribution < 1.29 is 18.0 Å². The fourth-order valence-corrected chi connectivity index (χ4v) is 3.10. The molecule has 0 saturated carbocycles. The van der Waals surface area contributed by atoms with Crippen molar-refractivity contribution in [2.45, 2.75) is 13.1 Å². The summed E-state index contributed by atoms with van der Waals surface area (Å²) in [7, 11) is 0. The second-order valence-corrected chi connectivity index (χ2v) is 6.40. The Labute approximate surface area is 157 Å². The zero-order chi connectivity index (χ0) is 19.1. The van der Waals surface area contributed by atoms with E-state index in [9.17, 15) is 18.0 Å². The van der Waals surface area contributed by atoms with Crippen LogP contribution in [-0.4, -0.2) is 16.1 Å². The average Bonchev–Trinajstić information content (AvgIpc) is 2.90. The number of alkyl halides is 3. The first-order valence-corrected chi connectivity index (χ1v) is 8.16. The Kier molecular flexibility index (Phi) is 4.82. The van der Waals surface area contributed by atoms with Crippen LogP contribution >= 0.6 is 23.2 Å². The van der Waals surface area contributed by atoms with Crippen molar-refractivity contribution in [3.8, 4) is 16.9 Å². The van der Waals surface area contributed by atoms with E-state index in [0.717, 1.165) is 12.1 Å². The lowest BCUT2D eigenvalue weighted by Crippen LogP contribution is -2.05. The van der Waals surface area contributed by atoms with E-state index in [1.54, 1.807) is 19.1 Å². The molecule has 3 aromatic rings. The first-order chi connectivity index (χ1) is 12.2. The zero-order valence-electron chi connectivity index (χ0n) is 13.3. The van der Waals surface area contributed by atoms with Crippen LogP contribution in [0.25, 0.3) is 16.9 Å². The van der Waals surface area contributed by atoms with Gasteiger partial charge in [-0.15, -0.1) is 0 Å². The summed E-state index contributed by atoms with van der Waals surface area (Å²) >= 11 is 12.1. The monoisotopic (exact) mass is 398 g/mol. The van der Waals surface area contributed by atoms with E-state index in [2.05, 4.69) is 5.10 Å². The molecule has 0 aliphatic carbocycles. The quantitative estimate of drug-likeness (QED) is 0.508. The Morgan fingerprint density at radius 2 is 1.73 bits per heavy atom. The van der Waals surface area contributed by atoms with Crippen LogP contribution in [0.1, 0.15) is 21.6 Å². The SMILES string of the molecule is Cc1c(C=O)nn(-c2ccc(Cl)cc2Cl)c1-c1ccc(C(F)(F)F)cc1. The number of hydrogen-bond donors (Lipinski definition) is 0. The molecule has 0 atom stereocenters. The summed E-state index contributed by atoms with van der Waals surface area (Å²) in [5.74, 6) is 0. The van der Waals surface area contributed by atoms with E-state index < -0.39 is 11.7 Å². The van der Waals surface area contributed by atoms with Gasteiger partial charge in [0.25, 0.3) is 0 Å². The van der Waals surface area contributed by atoms with Crippen molar-refractivity contribution in [2.24, 2.45) is 0 Å². The number of halogens is 5. The minimum absolute atomic E-state index is 0.172. The molecule has 8 heteroatoms. The summed E-state index contributed by atoms with van der Waals surface area (Å²) in [6, 6.07) is 9.39. The summed E-state index contributed by atoms with van der Waals surface area (Å²) in [5, 5.41) is 4.96. The molecule has 0 aliphatic heterocycles. The molecule has 1 aromatic heterocycles. The number of carbonyl (C=O) groups excluding carboxylic acids is 1. The van der Waals surface area contributed by atoms with Gasteiger partial charge in [-0.2, -0.15) is 18.3 Å². The maximum Gasteiger partial charge on any atom is 0.416 e. The lowest BCUT2D eigenvalue weighted by molar-refractivity contribution is -0.137. The Hall–Kier alpha value is -2.31. The third-order valence-corrected chi connectivity index (χ3v) is 4.43. The summed E-state index contributed by atoms with van der Waals surface area (Å²) in [4.78, 5) is 11.3. The molecule has 0 fully saturated rings. The van der Waals surface area contributed by atoms with Gasteiger partial charge in [0.05, 0.1) is 22.0 Å². The molecular weight excluding hydrogens is 388 g/mol. The molecule has 0 radical (unpaired) electrons. The largest absolute Gasteiger partial charge is 0.416 e. The van der Waals surface area contributed by atoms with Crippen molar-refractivity contribution >= 4 is 29.5 Å². The predicted octanol–water partition coefficient (Wildman–Crippen LogP) is 5.99. The van der Waals surface area contributed by atoms with Crippen LogP contribution in [0.2, 0.25) is 10.0 Å². The van der Waals surface area contributed by atoms with Crippen LogP contribution < -0.4 is 0 Å². The molecule has 0 unspecified atom stereocenters. The molecule has 0 spiro atoms. The summed E-state index contributed by atoms with van der Waals surface area (Å²) < 4.78 is 39.8. The lowest BCUT2D eigenvalue weighted by Gasteiger charge is -2.12. The van der Waals surface area contributed by atoms with Gasteiger partial charge in [-0.05, 0) is 37.3 Å². The standard InChI is InChI=1S/C18H11Cl2F3N2O/c1-10-15(9-26)24-25(16-7-6-13(19)8-14(16)20)17(10)11-2-4-12(5-3-11)18(21,22)23/h2-9H,1H3. The van der Waals surface area contributed by atoms with E-state index >= 15 is 0 Å². The molecule has 3 nitrogen and oxygen atoms in total. The Morgan fingerprint density at radius 1 is 1.08 bits per heavy atom. The molecule has 2 aromatic carbocycles. The Bertz CT molecular complexity index is 979.